The minimum Gasteiger partial charge on any atom is -0.393 e. The average Bonchev–Trinajstić information content (AvgIpc) is 2.68. The molecule has 0 aliphatic rings. The normalized spacial score (nSPS) is 11.0. The van der Waals surface area contributed by atoms with Crippen LogP contribution in [0.5, 0.6) is 0 Å². The number of alkyl halides is 3. The molecule has 2 aromatic carbocycles. The SMILES string of the molecule is Nc1c(NNC(=O)c2ccc(F)cc2)ncnc1Nc1ccc(C(F)(F)F)cc1. The van der Waals surface area contributed by atoms with E-state index in [0.717, 1.165) is 30.6 Å². The Kier molecular flexibility index (Phi) is 5.48. The molecular weight excluding hydrogens is 392 g/mol. The molecule has 1 aromatic heterocycles. The Labute approximate surface area is 161 Å². The number of anilines is 4. The number of aromatic nitrogens is 2. The molecule has 29 heavy (non-hydrogen) atoms. The van der Waals surface area contributed by atoms with E-state index < -0.39 is 23.5 Å². The van der Waals surface area contributed by atoms with Gasteiger partial charge in [0.1, 0.15) is 17.8 Å². The lowest BCUT2D eigenvalue weighted by atomic mass is 10.2. The molecule has 0 fully saturated rings. The fourth-order valence-electron chi connectivity index (χ4n) is 2.26. The first kappa shape index (κ1) is 19.9. The van der Waals surface area contributed by atoms with Crippen molar-refractivity contribution in [3.8, 4) is 0 Å². The summed E-state index contributed by atoms with van der Waals surface area (Å²) in [7, 11) is 0. The summed E-state index contributed by atoms with van der Waals surface area (Å²) < 4.78 is 50.8. The molecule has 0 bridgehead atoms. The number of benzene rings is 2. The first-order valence-electron chi connectivity index (χ1n) is 8.11. The second-order valence-corrected chi connectivity index (χ2v) is 5.77. The third-order valence-corrected chi connectivity index (χ3v) is 3.76. The van der Waals surface area contributed by atoms with Gasteiger partial charge >= 0.3 is 6.18 Å². The molecule has 3 aromatic rings. The Morgan fingerprint density at radius 3 is 2.17 bits per heavy atom. The number of carbonyl (C=O) groups excluding carboxylic acids is 1. The Hall–Kier alpha value is -3.89. The largest absolute Gasteiger partial charge is 0.416 e. The zero-order valence-corrected chi connectivity index (χ0v) is 14.6. The number of nitrogens with two attached hydrogens (primary N) is 1. The molecule has 0 aliphatic heterocycles. The van der Waals surface area contributed by atoms with Crippen LogP contribution in [0.3, 0.4) is 0 Å². The van der Waals surface area contributed by atoms with Crippen LogP contribution in [0, 0.1) is 5.82 Å². The number of nitrogens with one attached hydrogen (secondary N) is 3. The van der Waals surface area contributed by atoms with Gasteiger partial charge in [-0.1, -0.05) is 0 Å². The van der Waals surface area contributed by atoms with Gasteiger partial charge in [0.25, 0.3) is 5.91 Å². The van der Waals surface area contributed by atoms with Crippen LogP contribution < -0.4 is 21.9 Å². The van der Waals surface area contributed by atoms with Gasteiger partial charge in [-0.05, 0) is 48.5 Å². The average molecular weight is 406 g/mol. The van der Waals surface area contributed by atoms with Crippen molar-refractivity contribution in [1.29, 1.82) is 0 Å². The van der Waals surface area contributed by atoms with Gasteiger partial charge < -0.3 is 11.1 Å². The number of hydrazine groups is 1. The summed E-state index contributed by atoms with van der Waals surface area (Å²) >= 11 is 0. The van der Waals surface area contributed by atoms with Gasteiger partial charge in [-0.3, -0.25) is 15.6 Å². The predicted octanol–water partition coefficient (Wildman–Crippen LogP) is 3.72. The first-order chi connectivity index (χ1) is 13.7. The van der Waals surface area contributed by atoms with Crippen molar-refractivity contribution in [2.24, 2.45) is 0 Å². The summed E-state index contributed by atoms with van der Waals surface area (Å²) in [6, 6.07) is 9.17. The van der Waals surface area contributed by atoms with Gasteiger partial charge in [-0.15, -0.1) is 0 Å². The highest BCUT2D eigenvalue weighted by Gasteiger charge is 2.29. The highest BCUT2D eigenvalue weighted by atomic mass is 19.4. The Balaban J connectivity index is 1.69. The fraction of sp³-hybridized carbons (Fsp3) is 0.0556. The van der Waals surface area contributed by atoms with Gasteiger partial charge in [0, 0.05) is 11.3 Å². The van der Waals surface area contributed by atoms with Gasteiger partial charge in [0.15, 0.2) is 11.6 Å². The van der Waals surface area contributed by atoms with Crippen molar-refractivity contribution in [2.45, 2.75) is 6.18 Å². The quantitative estimate of drug-likeness (QED) is 0.380. The van der Waals surface area contributed by atoms with E-state index in [1.807, 2.05) is 0 Å². The number of rotatable bonds is 5. The minimum absolute atomic E-state index is 0.0202. The first-order valence-corrected chi connectivity index (χ1v) is 8.11. The fourth-order valence-corrected chi connectivity index (χ4v) is 2.26. The maximum absolute atomic E-state index is 12.9. The maximum Gasteiger partial charge on any atom is 0.416 e. The standard InChI is InChI=1S/C18H14F4N6O/c19-12-5-1-10(2-6-12)17(29)28-27-16-14(23)15(24-9-25-16)26-13-7-3-11(4-8-13)18(20,21)22/h1-9H,23H2,(H,28,29)(H2,24,25,26,27). The van der Waals surface area contributed by atoms with Crippen LogP contribution in [0.4, 0.5) is 40.6 Å². The molecule has 5 N–H and O–H groups in total. The van der Waals surface area contributed by atoms with Crippen LogP contribution in [-0.4, -0.2) is 15.9 Å². The van der Waals surface area contributed by atoms with Crippen molar-refractivity contribution in [1.82, 2.24) is 15.4 Å². The van der Waals surface area contributed by atoms with E-state index in [1.54, 1.807) is 0 Å². The number of amides is 1. The van der Waals surface area contributed by atoms with Gasteiger partial charge in [0.05, 0.1) is 5.56 Å². The smallest absolute Gasteiger partial charge is 0.393 e. The highest BCUT2D eigenvalue weighted by molar-refractivity contribution is 5.95. The summed E-state index contributed by atoms with van der Waals surface area (Å²) in [5, 5.41) is 2.78. The molecule has 0 radical (unpaired) electrons. The molecule has 1 heterocycles. The van der Waals surface area contributed by atoms with Crippen molar-refractivity contribution < 1.29 is 22.4 Å². The van der Waals surface area contributed by atoms with Gasteiger partial charge in [-0.2, -0.15) is 13.2 Å². The van der Waals surface area contributed by atoms with Crippen LogP contribution >= 0.6 is 0 Å². The summed E-state index contributed by atoms with van der Waals surface area (Å²) in [6.07, 6.45) is -3.29. The van der Waals surface area contributed by atoms with E-state index in [4.69, 9.17) is 5.73 Å². The maximum atomic E-state index is 12.9. The number of hydrogen-bond donors (Lipinski definition) is 4. The molecule has 11 heteroatoms. The third-order valence-electron chi connectivity index (χ3n) is 3.76. The van der Waals surface area contributed by atoms with E-state index >= 15 is 0 Å². The molecule has 7 nitrogen and oxygen atoms in total. The van der Waals surface area contributed by atoms with Gasteiger partial charge in [-0.25, -0.2) is 14.4 Å². The number of nitrogens with zero attached hydrogens (tertiary/aromatic N) is 2. The molecule has 150 valence electrons. The molecular formula is C18H14F4N6O. The lowest BCUT2D eigenvalue weighted by molar-refractivity contribution is -0.137. The van der Waals surface area contributed by atoms with Crippen LogP contribution in [0.15, 0.2) is 54.9 Å². The summed E-state index contributed by atoms with van der Waals surface area (Å²) in [5.41, 5.74) is 10.6. The van der Waals surface area contributed by atoms with Crippen molar-refractivity contribution in [3.05, 3.63) is 71.8 Å². The number of halogens is 4. The van der Waals surface area contributed by atoms with Gasteiger partial charge in [0.2, 0.25) is 0 Å². The molecule has 0 saturated heterocycles. The van der Waals surface area contributed by atoms with Crippen LogP contribution in [0.25, 0.3) is 0 Å². The lowest BCUT2D eigenvalue weighted by Crippen LogP contribution is -2.30. The second-order valence-electron chi connectivity index (χ2n) is 5.77. The topological polar surface area (TPSA) is 105 Å². The van der Waals surface area contributed by atoms with E-state index in [2.05, 4.69) is 26.1 Å². The van der Waals surface area contributed by atoms with Crippen LogP contribution in [-0.2, 0) is 6.18 Å². The van der Waals surface area contributed by atoms with Crippen molar-refractivity contribution >= 4 is 28.9 Å². The summed E-state index contributed by atoms with van der Waals surface area (Å²) in [5.74, 6) is -0.850. The molecule has 1 amide bonds. The molecule has 0 spiro atoms. The summed E-state index contributed by atoms with van der Waals surface area (Å²) in [6.45, 7) is 0. The number of nitrogen functional groups attached to an aromatic ring is 1. The van der Waals surface area contributed by atoms with Crippen LogP contribution in [0.1, 0.15) is 15.9 Å². The monoisotopic (exact) mass is 406 g/mol. The Bertz CT molecular complexity index is 1010. The molecule has 3 rings (SSSR count). The lowest BCUT2D eigenvalue weighted by Gasteiger charge is -2.14. The van der Waals surface area contributed by atoms with E-state index in [-0.39, 0.29) is 22.9 Å². The molecule has 0 unspecified atom stereocenters. The number of hydrogen-bond acceptors (Lipinski definition) is 6. The van der Waals surface area contributed by atoms with Crippen LogP contribution in [0.2, 0.25) is 0 Å². The zero-order chi connectivity index (χ0) is 21.0. The molecule has 0 atom stereocenters. The Morgan fingerprint density at radius 2 is 1.55 bits per heavy atom. The predicted molar refractivity (Wildman–Crippen MR) is 98.7 cm³/mol. The highest BCUT2D eigenvalue weighted by Crippen LogP contribution is 2.31. The van der Waals surface area contributed by atoms with Crippen molar-refractivity contribution in [3.63, 3.8) is 0 Å². The Morgan fingerprint density at radius 1 is 0.931 bits per heavy atom. The second kappa shape index (κ2) is 8.00. The van der Waals surface area contributed by atoms with E-state index in [0.29, 0.717) is 5.69 Å². The summed E-state index contributed by atoms with van der Waals surface area (Å²) in [4.78, 5) is 19.9. The number of carbonyl (C=O) groups is 1. The zero-order valence-electron chi connectivity index (χ0n) is 14.6. The third kappa shape index (κ3) is 4.89. The van der Waals surface area contributed by atoms with Crippen molar-refractivity contribution in [2.75, 3.05) is 16.5 Å². The molecule has 0 saturated carbocycles. The van der Waals surface area contributed by atoms with E-state index in [1.165, 1.54) is 24.3 Å². The minimum atomic E-state index is -4.44. The molecule has 0 aliphatic carbocycles. The van der Waals surface area contributed by atoms with E-state index in [9.17, 15) is 22.4 Å².